The largest absolute Gasteiger partial charge is 0.317 e. The van der Waals surface area contributed by atoms with E-state index in [4.69, 9.17) is 16.6 Å². The van der Waals surface area contributed by atoms with Gasteiger partial charge < -0.3 is 4.90 Å². The molecule has 7 heteroatoms. The Morgan fingerprint density at radius 3 is 2.63 bits per heavy atom. The van der Waals surface area contributed by atoms with Crippen LogP contribution in [0.15, 0.2) is 47.5 Å². The molecule has 0 spiro atoms. The Bertz CT molecular complexity index is 1020. The molecule has 2 aliphatic rings. The summed E-state index contributed by atoms with van der Waals surface area (Å²) in [5.74, 6) is 0.364. The van der Waals surface area contributed by atoms with Crippen molar-refractivity contribution in [3.8, 4) is 0 Å². The molecule has 2 atom stereocenters. The average molecular weight is 421 g/mol. The van der Waals surface area contributed by atoms with Crippen molar-refractivity contribution in [2.75, 3.05) is 16.4 Å². The van der Waals surface area contributed by atoms with Crippen LogP contribution in [0.5, 0.6) is 0 Å². The molecule has 0 aliphatic carbocycles. The Morgan fingerprint density at radius 1 is 1.15 bits per heavy atom. The Labute approximate surface area is 169 Å². The third-order valence-electron chi connectivity index (χ3n) is 5.12. The van der Waals surface area contributed by atoms with Crippen LogP contribution in [0.25, 0.3) is 0 Å². The fourth-order valence-electron chi connectivity index (χ4n) is 3.43. The maximum atomic E-state index is 11.9. The van der Waals surface area contributed by atoms with Crippen molar-refractivity contribution in [2.24, 2.45) is 4.99 Å². The summed E-state index contributed by atoms with van der Waals surface area (Å²) >= 11 is 7.97. The van der Waals surface area contributed by atoms with Gasteiger partial charge in [0.1, 0.15) is 0 Å². The Hall–Kier alpha value is -1.50. The standard InChI is InChI=1S/C20H21ClN2O2S2/c1-13-7-8-16(9-14(13)2)23(10-15-5-3-4-6-17(15)21)20-22-18-11-27(24,25)12-19(18)26-20/h3-9,18-19H,10-12H2,1-2H3/t18-,19-/m0/s1. The summed E-state index contributed by atoms with van der Waals surface area (Å²) in [6, 6.07) is 14.0. The average Bonchev–Trinajstić information content (AvgIpc) is 3.10. The highest BCUT2D eigenvalue weighted by Gasteiger charge is 2.44. The topological polar surface area (TPSA) is 49.7 Å². The van der Waals surface area contributed by atoms with E-state index < -0.39 is 9.84 Å². The van der Waals surface area contributed by atoms with Crippen LogP contribution in [0.2, 0.25) is 5.02 Å². The van der Waals surface area contributed by atoms with Gasteiger partial charge in [-0.25, -0.2) is 8.42 Å². The highest BCUT2D eigenvalue weighted by atomic mass is 35.5. The molecule has 1 saturated heterocycles. The fourth-order valence-corrected chi connectivity index (χ4v) is 7.41. The molecule has 0 saturated carbocycles. The van der Waals surface area contributed by atoms with Gasteiger partial charge in [0.15, 0.2) is 15.0 Å². The van der Waals surface area contributed by atoms with Gasteiger partial charge in [0.2, 0.25) is 0 Å². The van der Waals surface area contributed by atoms with Crippen molar-refractivity contribution in [1.29, 1.82) is 0 Å². The zero-order valence-corrected chi connectivity index (χ0v) is 17.6. The molecular weight excluding hydrogens is 400 g/mol. The molecule has 27 heavy (non-hydrogen) atoms. The smallest absolute Gasteiger partial charge is 0.164 e. The van der Waals surface area contributed by atoms with Crippen LogP contribution in [0.1, 0.15) is 16.7 Å². The summed E-state index contributed by atoms with van der Waals surface area (Å²) in [4.78, 5) is 6.94. The summed E-state index contributed by atoms with van der Waals surface area (Å²) in [5, 5.41) is 1.62. The predicted molar refractivity (Wildman–Crippen MR) is 115 cm³/mol. The molecule has 142 valence electrons. The number of aliphatic imine (C=N–C) groups is 1. The molecule has 2 aromatic rings. The number of sulfone groups is 1. The highest BCUT2D eigenvalue weighted by Crippen LogP contribution is 2.38. The van der Waals surface area contributed by atoms with Gasteiger partial charge in [-0.05, 0) is 48.7 Å². The Kier molecular flexibility index (Phi) is 4.99. The first kappa shape index (κ1) is 18.8. The SMILES string of the molecule is Cc1ccc(N(Cc2ccccc2Cl)C2=N[C@H]3CS(=O)(=O)C[C@@H]3S2)cc1C. The van der Waals surface area contributed by atoms with Crippen LogP contribution in [-0.2, 0) is 16.4 Å². The van der Waals surface area contributed by atoms with Gasteiger partial charge in [-0.2, -0.15) is 0 Å². The first-order valence-electron chi connectivity index (χ1n) is 8.85. The molecular formula is C20H21ClN2O2S2. The summed E-state index contributed by atoms with van der Waals surface area (Å²) in [7, 11) is -2.96. The lowest BCUT2D eigenvalue weighted by Crippen LogP contribution is -2.28. The van der Waals surface area contributed by atoms with E-state index in [9.17, 15) is 8.42 Å². The molecule has 0 aromatic heterocycles. The highest BCUT2D eigenvalue weighted by molar-refractivity contribution is 8.15. The predicted octanol–water partition coefficient (Wildman–Crippen LogP) is 4.23. The second kappa shape index (κ2) is 7.15. The van der Waals surface area contributed by atoms with E-state index in [0.717, 1.165) is 21.4 Å². The number of amidine groups is 1. The monoisotopic (exact) mass is 420 g/mol. The van der Waals surface area contributed by atoms with Crippen LogP contribution >= 0.6 is 23.4 Å². The molecule has 2 aliphatic heterocycles. The lowest BCUT2D eigenvalue weighted by molar-refractivity contribution is 0.601. The van der Waals surface area contributed by atoms with E-state index in [1.165, 1.54) is 11.1 Å². The van der Waals surface area contributed by atoms with Gasteiger partial charge in [0.25, 0.3) is 0 Å². The van der Waals surface area contributed by atoms with Crippen LogP contribution in [0.4, 0.5) is 5.69 Å². The summed E-state index contributed by atoms with van der Waals surface area (Å²) in [6.45, 7) is 4.78. The minimum atomic E-state index is -2.96. The second-order valence-electron chi connectivity index (χ2n) is 7.16. The number of rotatable bonds is 3. The lowest BCUT2D eigenvalue weighted by Gasteiger charge is -2.26. The molecule has 0 amide bonds. The van der Waals surface area contributed by atoms with E-state index in [2.05, 4.69) is 36.9 Å². The minimum absolute atomic E-state index is 0.0188. The second-order valence-corrected chi connectivity index (χ2v) is 10.9. The molecule has 0 bridgehead atoms. The maximum Gasteiger partial charge on any atom is 0.164 e. The summed E-state index contributed by atoms with van der Waals surface area (Å²) in [6.07, 6.45) is 0. The Balaban J connectivity index is 1.70. The number of halogens is 1. The molecule has 2 aromatic carbocycles. The van der Waals surface area contributed by atoms with Crippen molar-refractivity contribution in [2.45, 2.75) is 31.7 Å². The quantitative estimate of drug-likeness (QED) is 0.745. The third-order valence-corrected chi connectivity index (χ3v) is 8.74. The molecule has 2 heterocycles. The summed E-state index contributed by atoms with van der Waals surface area (Å²) in [5.41, 5.74) is 4.51. The van der Waals surface area contributed by atoms with Crippen molar-refractivity contribution < 1.29 is 8.42 Å². The third kappa shape index (κ3) is 3.89. The van der Waals surface area contributed by atoms with E-state index >= 15 is 0 Å². The van der Waals surface area contributed by atoms with Crippen LogP contribution < -0.4 is 4.90 Å². The number of hydrogen-bond acceptors (Lipinski definition) is 5. The number of benzene rings is 2. The Morgan fingerprint density at radius 2 is 1.93 bits per heavy atom. The number of thioether (sulfide) groups is 1. The van der Waals surface area contributed by atoms with Crippen LogP contribution in [0, 0.1) is 13.8 Å². The van der Waals surface area contributed by atoms with Crippen LogP contribution in [0.3, 0.4) is 0 Å². The number of hydrogen-bond donors (Lipinski definition) is 0. The zero-order valence-electron chi connectivity index (χ0n) is 15.2. The first-order chi connectivity index (χ1) is 12.8. The van der Waals surface area contributed by atoms with Crippen molar-refractivity contribution in [3.63, 3.8) is 0 Å². The van der Waals surface area contributed by atoms with E-state index in [-0.39, 0.29) is 22.8 Å². The van der Waals surface area contributed by atoms with Gasteiger partial charge in [0.05, 0.1) is 24.1 Å². The number of nitrogens with zero attached hydrogens (tertiary/aromatic N) is 2. The number of fused-ring (bicyclic) bond motifs is 1. The van der Waals surface area contributed by atoms with Gasteiger partial charge in [-0.3, -0.25) is 4.99 Å². The molecule has 0 unspecified atom stereocenters. The normalized spacial score (nSPS) is 23.1. The molecule has 4 rings (SSSR count). The van der Waals surface area contributed by atoms with Crippen molar-refractivity contribution in [3.05, 3.63) is 64.2 Å². The molecule has 0 N–H and O–H groups in total. The van der Waals surface area contributed by atoms with Gasteiger partial charge >= 0.3 is 0 Å². The van der Waals surface area contributed by atoms with Crippen molar-refractivity contribution >= 4 is 44.1 Å². The van der Waals surface area contributed by atoms with Crippen LogP contribution in [-0.4, -0.2) is 36.4 Å². The number of aryl methyl sites for hydroxylation is 2. The zero-order chi connectivity index (χ0) is 19.2. The van der Waals surface area contributed by atoms with Gasteiger partial charge in [-0.1, -0.05) is 47.6 Å². The molecule has 1 fully saturated rings. The lowest BCUT2D eigenvalue weighted by atomic mass is 10.1. The molecule has 4 nitrogen and oxygen atoms in total. The van der Waals surface area contributed by atoms with E-state index in [0.29, 0.717) is 6.54 Å². The first-order valence-corrected chi connectivity index (χ1v) is 11.9. The molecule has 0 radical (unpaired) electrons. The number of anilines is 1. The van der Waals surface area contributed by atoms with Gasteiger partial charge in [-0.15, -0.1) is 0 Å². The van der Waals surface area contributed by atoms with Crippen molar-refractivity contribution in [1.82, 2.24) is 0 Å². The summed E-state index contributed by atoms with van der Waals surface area (Å²) < 4.78 is 23.8. The fraction of sp³-hybridized carbons (Fsp3) is 0.350. The van der Waals surface area contributed by atoms with Gasteiger partial charge in [0, 0.05) is 16.0 Å². The van der Waals surface area contributed by atoms with E-state index in [1.54, 1.807) is 11.8 Å². The maximum absolute atomic E-state index is 11.9. The minimum Gasteiger partial charge on any atom is -0.317 e. The van der Waals surface area contributed by atoms with E-state index in [1.807, 2.05) is 24.3 Å².